The normalized spacial score (nSPS) is 11.2. The summed E-state index contributed by atoms with van der Waals surface area (Å²) in [6.07, 6.45) is 1.49. The number of nitrogens with one attached hydrogen (secondary N) is 1. The number of hydrogen-bond donors (Lipinski definition) is 1. The largest absolute Gasteiger partial charge is 0.326 e. The summed E-state index contributed by atoms with van der Waals surface area (Å²) in [7, 11) is -3.50. The van der Waals surface area contributed by atoms with E-state index in [2.05, 4.69) is 5.32 Å². The fourth-order valence-corrected chi connectivity index (χ4v) is 3.55. The van der Waals surface area contributed by atoms with E-state index in [4.69, 9.17) is 23.2 Å². The van der Waals surface area contributed by atoms with Gasteiger partial charge in [-0.2, -0.15) is 0 Å². The maximum absolute atomic E-state index is 13.1. The first-order valence-corrected chi connectivity index (χ1v) is 10.3. The Kier molecular flexibility index (Phi) is 6.86. The van der Waals surface area contributed by atoms with Gasteiger partial charge in [-0.05, 0) is 48.9 Å². The van der Waals surface area contributed by atoms with E-state index in [0.717, 1.165) is 12.3 Å². The predicted octanol–water partition coefficient (Wildman–Crippen LogP) is 4.32. The molecule has 2 aromatic rings. The van der Waals surface area contributed by atoms with E-state index < -0.39 is 15.8 Å². The number of nitrogens with zero attached hydrogens (tertiary/aromatic N) is 1. The minimum atomic E-state index is -3.50. The first-order chi connectivity index (χ1) is 12.2. The average molecular weight is 419 g/mol. The lowest BCUT2D eigenvalue weighted by molar-refractivity contribution is -0.116. The Morgan fingerprint density at radius 3 is 2.38 bits per heavy atom. The molecule has 0 aliphatic rings. The molecule has 0 unspecified atom stereocenters. The molecule has 26 heavy (non-hydrogen) atoms. The fraction of sp³-hybridized carbons (Fsp3) is 0.235. The molecule has 140 valence electrons. The van der Waals surface area contributed by atoms with Crippen LogP contribution in [0.15, 0.2) is 42.5 Å². The molecule has 0 spiro atoms. The summed E-state index contributed by atoms with van der Waals surface area (Å²) in [5.41, 5.74) is 0.849. The van der Waals surface area contributed by atoms with E-state index in [1.165, 1.54) is 16.4 Å². The molecule has 0 radical (unpaired) electrons. The number of halogens is 3. The monoisotopic (exact) mass is 418 g/mol. The third-order valence-electron chi connectivity index (χ3n) is 3.48. The summed E-state index contributed by atoms with van der Waals surface area (Å²) in [6.45, 7) is 0.137. The van der Waals surface area contributed by atoms with Crippen LogP contribution < -0.4 is 9.62 Å². The average Bonchev–Trinajstić information content (AvgIpc) is 2.55. The van der Waals surface area contributed by atoms with Crippen LogP contribution in [0, 0.1) is 5.82 Å². The molecule has 0 heterocycles. The van der Waals surface area contributed by atoms with Gasteiger partial charge in [0.25, 0.3) is 0 Å². The third kappa shape index (κ3) is 5.86. The summed E-state index contributed by atoms with van der Waals surface area (Å²) in [5.74, 6) is -0.895. The van der Waals surface area contributed by atoms with E-state index in [1.54, 1.807) is 24.3 Å². The number of sulfonamides is 1. The molecule has 9 heteroatoms. The van der Waals surface area contributed by atoms with Gasteiger partial charge < -0.3 is 5.32 Å². The molecular weight excluding hydrogens is 402 g/mol. The molecule has 1 amide bonds. The zero-order valence-corrected chi connectivity index (χ0v) is 16.2. The Morgan fingerprint density at radius 2 is 1.81 bits per heavy atom. The van der Waals surface area contributed by atoms with Crippen molar-refractivity contribution in [1.29, 1.82) is 0 Å². The topological polar surface area (TPSA) is 66.5 Å². The van der Waals surface area contributed by atoms with Crippen molar-refractivity contribution < 1.29 is 17.6 Å². The Bertz CT molecular complexity index is 889. The minimum absolute atomic E-state index is 0.0891. The lowest BCUT2D eigenvalue weighted by atomic mass is 10.2. The molecule has 5 nitrogen and oxygen atoms in total. The van der Waals surface area contributed by atoms with E-state index in [9.17, 15) is 17.6 Å². The number of carbonyl (C=O) groups excluding carboxylic acids is 1. The van der Waals surface area contributed by atoms with Crippen molar-refractivity contribution in [2.24, 2.45) is 0 Å². The van der Waals surface area contributed by atoms with Crippen molar-refractivity contribution in [3.63, 3.8) is 0 Å². The van der Waals surface area contributed by atoms with Crippen LogP contribution >= 0.6 is 23.2 Å². The molecule has 0 saturated heterocycles. The zero-order valence-electron chi connectivity index (χ0n) is 13.9. The molecule has 0 bridgehead atoms. The number of anilines is 2. The van der Waals surface area contributed by atoms with Crippen molar-refractivity contribution >= 4 is 50.5 Å². The maximum Gasteiger partial charge on any atom is 0.232 e. The van der Waals surface area contributed by atoms with Crippen LogP contribution in [0.2, 0.25) is 10.0 Å². The van der Waals surface area contributed by atoms with Gasteiger partial charge in [0.05, 0.1) is 17.0 Å². The molecule has 2 aromatic carbocycles. The molecule has 0 aliphatic carbocycles. The molecule has 2 rings (SSSR count). The van der Waals surface area contributed by atoms with Gasteiger partial charge in [0.2, 0.25) is 15.9 Å². The molecular formula is C17H17Cl2FN2O3S. The van der Waals surface area contributed by atoms with Gasteiger partial charge in [-0.25, -0.2) is 12.8 Å². The van der Waals surface area contributed by atoms with Crippen molar-refractivity contribution in [2.75, 3.05) is 22.4 Å². The predicted molar refractivity (Wildman–Crippen MR) is 103 cm³/mol. The fourth-order valence-electron chi connectivity index (χ4n) is 2.27. The van der Waals surface area contributed by atoms with Gasteiger partial charge in [-0.15, -0.1) is 0 Å². The van der Waals surface area contributed by atoms with Gasteiger partial charge in [0.1, 0.15) is 5.82 Å². The number of benzene rings is 2. The van der Waals surface area contributed by atoms with Gasteiger partial charge >= 0.3 is 0 Å². The lowest BCUT2D eigenvalue weighted by Gasteiger charge is -2.22. The summed E-state index contributed by atoms with van der Waals surface area (Å²) in [6, 6.07) is 10.3. The Labute approximate surface area is 161 Å². The van der Waals surface area contributed by atoms with Gasteiger partial charge in [-0.1, -0.05) is 23.2 Å². The van der Waals surface area contributed by atoms with Crippen molar-refractivity contribution in [1.82, 2.24) is 0 Å². The molecule has 0 saturated carbocycles. The minimum Gasteiger partial charge on any atom is -0.326 e. The molecule has 0 aliphatic heterocycles. The number of hydrogen-bond acceptors (Lipinski definition) is 3. The van der Waals surface area contributed by atoms with Crippen LogP contribution in [-0.2, 0) is 14.8 Å². The van der Waals surface area contributed by atoms with E-state index >= 15 is 0 Å². The highest BCUT2D eigenvalue weighted by Crippen LogP contribution is 2.22. The highest BCUT2D eigenvalue weighted by molar-refractivity contribution is 7.92. The number of carbonyl (C=O) groups is 1. The SMILES string of the molecule is CS(=O)(=O)N(CCCC(=O)Nc1ccc(F)c(Cl)c1)c1ccc(Cl)cc1. The summed E-state index contributed by atoms with van der Waals surface area (Å²) < 4.78 is 38.3. The Hall–Kier alpha value is -1.83. The van der Waals surface area contributed by atoms with Crippen LogP contribution in [0.4, 0.5) is 15.8 Å². The summed E-state index contributed by atoms with van der Waals surface area (Å²) >= 11 is 11.5. The summed E-state index contributed by atoms with van der Waals surface area (Å²) in [4.78, 5) is 12.0. The number of amides is 1. The molecule has 1 N–H and O–H groups in total. The lowest BCUT2D eigenvalue weighted by Crippen LogP contribution is -2.31. The van der Waals surface area contributed by atoms with Crippen molar-refractivity contribution in [3.05, 3.63) is 58.3 Å². The Balaban J connectivity index is 1.95. The van der Waals surface area contributed by atoms with Gasteiger partial charge in [0, 0.05) is 23.7 Å². The van der Waals surface area contributed by atoms with Crippen LogP contribution in [0.3, 0.4) is 0 Å². The molecule has 0 fully saturated rings. The smallest absolute Gasteiger partial charge is 0.232 e. The number of rotatable bonds is 7. The van der Waals surface area contributed by atoms with E-state index in [1.807, 2.05) is 0 Å². The second kappa shape index (κ2) is 8.70. The molecule has 0 aromatic heterocycles. The van der Waals surface area contributed by atoms with Crippen LogP contribution in [0.25, 0.3) is 0 Å². The van der Waals surface area contributed by atoms with Crippen molar-refractivity contribution in [2.45, 2.75) is 12.8 Å². The van der Waals surface area contributed by atoms with E-state index in [-0.39, 0.29) is 23.9 Å². The third-order valence-corrected chi connectivity index (χ3v) is 5.22. The van der Waals surface area contributed by atoms with Crippen LogP contribution in [0.1, 0.15) is 12.8 Å². The first kappa shape index (κ1) is 20.5. The van der Waals surface area contributed by atoms with Gasteiger partial charge in [-0.3, -0.25) is 9.10 Å². The summed E-state index contributed by atoms with van der Waals surface area (Å²) in [5, 5.41) is 3.00. The highest BCUT2D eigenvalue weighted by atomic mass is 35.5. The quantitative estimate of drug-likeness (QED) is 0.727. The highest BCUT2D eigenvalue weighted by Gasteiger charge is 2.17. The van der Waals surface area contributed by atoms with Gasteiger partial charge in [0.15, 0.2) is 0 Å². The standard InChI is InChI=1S/C17H17Cl2FN2O3S/c1-26(24,25)22(14-7-4-12(18)5-8-14)10-2-3-17(23)21-13-6-9-16(20)15(19)11-13/h4-9,11H,2-3,10H2,1H3,(H,21,23). The first-order valence-electron chi connectivity index (χ1n) is 7.65. The Morgan fingerprint density at radius 1 is 1.15 bits per heavy atom. The second-order valence-electron chi connectivity index (χ2n) is 5.59. The van der Waals surface area contributed by atoms with Crippen molar-refractivity contribution in [3.8, 4) is 0 Å². The molecule has 0 atom stereocenters. The zero-order chi connectivity index (χ0) is 19.3. The van der Waals surface area contributed by atoms with Crippen LogP contribution in [-0.4, -0.2) is 27.1 Å². The second-order valence-corrected chi connectivity index (χ2v) is 8.34. The van der Waals surface area contributed by atoms with E-state index in [0.29, 0.717) is 22.8 Å². The maximum atomic E-state index is 13.1. The van der Waals surface area contributed by atoms with Crippen LogP contribution in [0.5, 0.6) is 0 Å².